The highest BCUT2D eigenvalue weighted by atomic mass is 16.5. The van der Waals surface area contributed by atoms with E-state index in [4.69, 9.17) is 10.5 Å². The fraction of sp³-hybridized carbons (Fsp3) is 0.250. The van der Waals surface area contributed by atoms with Gasteiger partial charge in [0.2, 0.25) is 5.91 Å². The van der Waals surface area contributed by atoms with E-state index in [0.29, 0.717) is 17.0 Å². The number of ether oxygens (including phenoxy) is 1. The van der Waals surface area contributed by atoms with Crippen molar-refractivity contribution in [2.45, 2.75) is 6.42 Å². The minimum Gasteiger partial charge on any atom is -0.497 e. The molecule has 0 saturated heterocycles. The van der Waals surface area contributed by atoms with Gasteiger partial charge < -0.3 is 15.8 Å². The van der Waals surface area contributed by atoms with E-state index in [1.165, 1.54) is 0 Å². The Labute approximate surface area is 95.1 Å². The van der Waals surface area contributed by atoms with Crippen molar-refractivity contribution in [3.8, 4) is 5.75 Å². The summed E-state index contributed by atoms with van der Waals surface area (Å²) < 4.78 is 5.09. The Morgan fingerprint density at radius 1 is 1.56 bits per heavy atom. The van der Waals surface area contributed by atoms with Crippen LogP contribution in [0.2, 0.25) is 0 Å². The number of amides is 1. The summed E-state index contributed by atoms with van der Waals surface area (Å²) in [5.41, 5.74) is 7.84. The number of rotatable bonds is 4. The Balaban J connectivity index is 2.93. The molecule has 0 aliphatic carbocycles. The number of anilines is 1. The molecule has 0 fully saturated rings. The molecule has 0 aliphatic heterocycles. The van der Waals surface area contributed by atoms with Gasteiger partial charge in [-0.05, 0) is 23.8 Å². The summed E-state index contributed by atoms with van der Waals surface area (Å²) >= 11 is 0. The van der Waals surface area contributed by atoms with Crippen LogP contribution in [0.25, 0.3) is 5.57 Å². The maximum atomic E-state index is 11.2. The van der Waals surface area contributed by atoms with Crippen LogP contribution in [0.5, 0.6) is 5.75 Å². The van der Waals surface area contributed by atoms with E-state index in [-0.39, 0.29) is 12.3 Å². The van der Waals surface area contributed by atoms with E-state index < -0.39 is 0 Å². The molecule has 0 radical (unpaired) electrons. The largest absolute Gasteiger partial charge is 0.497 e. The third-order valence-electron chi connectivity index (χ3n) is 2.29. The fourth-order valence-corrected chi connectivity index (χ4v) is 1.35. The second-order valence-corrected chi connectivity index (χ2v) is 3.41. The summed E-state index contributed by atoms with van der Waals surface area (Å²) in [6, 6.07) is 5.29. The molecule has 16 heavy (non-hydrogen) atoms. The molecule has 1 aromatic rings. The molecule has 1 rings (SSSR count). The molecular formula is C12H16N2O2. The molecule has 0 unspecified atom stereocenters. The molecule has 0 bridgehead atoms. The highest BCUT2D eigenvalue weighted by Gasteiger charge is 2.08. The number of hydrogen-bond acceptors (Lipinski definition) is 3. The van der Waals surface area contributed by atoms with Crippen LogP contribution in [-0.4, -0.2) is 20.1 Å². The zero-order chi connectivity index (χ0) is 12.1. The van der Waals surface area contributed by atoms with Gasteiger partial charge in [0.05, 0.1) is 13.5 Å². The lowest BCUT2D eigenvalue weighted by Crippen LogP contribution is -2.17. The van der Waals surface area contributed by atoms with Crippen molar-refractivity contribution in [3.63, 3.8) is 0 Å². The van der Waals surface area contributed by atoms with Crippen LogP contribution in [0.15, 0.2) is 24.8 Å². The molecule has 86 valence electrons. The Bertz CT molecular complexity index is 413. The maximum absolute atomic E-state index is 11.2. The minimum atomic E-state index is -0.0905. The Hall–Kier alpha value is -1.97. The molecule has 0 aliphatic rings. The zero-order valence-corrected chi connectivity index (χ0v) is 9.54. The van der Waals surface area contributed by atoms with Gasteiger partial charge >= 0.3 is 0 Å². The average molecular weight is 220 g/mol. The number of nitrogens with two attached hydrogens (primary N) is 1. The number of carbonyl (C=O) groups is 1. The van der Waals surface area contributed by atoms with Crippen molar-refractivity contribution < 1.29 is 9.53 Å². The Morgan fingerprint density at radius 2 is 2.25 bits per heavy atom. The summed E-state index contributed by atoms with van der Waals surface area (Å²) in [5, 5.41) is 2.54. The van der Waals surface area contributed by atoms with E-state index in [9.17, 15) is 4.79 Å². The lowest BCUT2D eigenvalue weighted by molar-refractivity contribution is -0.119. The number of nitrogen functional groups attached to an aromatic ring is 1. The third kappa shape index (κ3) is 2.76. The van der Waals surface area contributed by atoms with Crippen molar-refractivity contribution in [3.05, 3.63) is 30.3 Å². The first kappa shape index (κ1) is 12.1. The molecule has 0 heterocycles. The highest BCUT2D eigenvalue weighted by Crippen LogP contribution is 2.26. The van der Waals surface area contributed by atoms with E-state index in [1.54, 1.807) is 32.4 Å². The number of nitrogens with one attached hydrogen (secondary N) is 1. The summed E-state index contributed by atoms with van der Waals surface area (Å²) in [7, 11) is 3.17. The number of carbonyl (C=O) groups excluding carboxylic acids is 1. The minimum absolute atomic E-state index is 0.0905. The zero-order valence-electron chi connectivity index (χ0n) is 9.54. The molecule has 4 nitrogen and oxygen atoms in total. The summed E-state index contributed by atoms with van der Waals surface area (Å²) in [6.07, 6.45) is 0.230. The quantitative estimate of drug-likeness (QED) is 0.754. The van der Waals surface area contributed by atoms with Gasteiger partial charge in [0.25, 0.3) is 0 Å². The van der Waals surface area contributed by atoms with E-state index in [1.807, 2.05) is 0 Å². The number of methoxy groups -OCH3 is 1. The van der Waals surface area contributed by atoms with Gasteiger partial charge in [-0.2, -0.15) is 0 Å². The predicted molar refractivity (Wildman–Crippen MR) is 65.1 cm³/mol. The van der Waals surface area contributed by atoms with Crippen molar-refractivity contribution in [1.29, 1.82) is 0 Å². The molecule has 0 saturated carbocycles. The molecule has 0 aromatic heterocycles. The van der Waals surface area contributed by atoms with Crippen LogP contribution < -0.4 is 15.8 Å². The van der Waals surface area contributed by atoms with Crippen LogP contribution >= 0.6 is 0 Å². The molecule has 0 atom stereocenters. The number of benzene rings is 1. The lowest BCUT2D eigenvalue weighted by atomic mass is 10.0. The van der Waals surface area contributed by atoms with Crippen molar-refractivity contribution in [2.75, 3.05) is 19.9 Å². The SMILES string of the molecule is C=C(CC(=O)NC)c1cc(OC)ccc1N. The first-order valence-electron chi connectivity index (χ1n) is 4.90. The maximum Gasteiger partial charge on any atom is 0.224 e. The second kappa shape index (κ2) is 5.21. The standard InChI is InChI=1S/C12H16N2O2/c1-8(6-12(15)14-2)10-7-9(16-3)4-5-11(10)13/h4-5,7H,1,6,13H2,2-3H3,(H,14,15). The van der Waals surface area contributed by atoms with Crippen LogP contribution in [-0.2, 0) is 4.79 Å². The van der Waals surface area contributed by atoms with Crippen molar-refractivity contribution >= 4 is 17.2 Å². The molecule has 0 spiro atoms. The number of hydrogen-bond donors (Lipinski definition) is 2. The van der Waals surface area contributed by atoms with E-state index >= 15 is 0 Å². The lowest BCUT2D eigenvalue weighted by Gasteiger charge is -2.10. The highest BCUT2D eigenvalue weighted by molar-refractivity contribution is 5.90. The summed E-state index contributed by atoms with van der Waals surface area (Å²) in [6.45, 7) is 3.85. The normalized spacial score (nSPS) is 9.62. The predicted octanol–water partition coefficient (Wildman–Crippen LogP) is 1.43. The van der Waals surface area contributed by atoms with Crippen LogP contribution in [0.1, 0.15) is 12.0 Å². The van der Waals surface area contributed by atoms with Gasteiger partial charge in [0.1, 0.15) is 5.75 Å². The molecule has 3 N–H and O–H groups in total. The topological polar surface area (TPSA) is 64.3 Å². The Kier molecular flexibility index (Phi) is 3.94. The third-order valence-corrected chi connectivity index (χ3v) is 2.29. The van der Waals surface area contributed by atoms with Crippen LogP contribution in [0, 0.1) is 0 Å². The fourth-order valence-electron chi connectivity index (χ4n) is 1.35. The van der Waals surface area contributed by atoms with E-state index in [2.05, 4.69) is 11.9 Å². The summed E-state index contributed by atoms with van der Waals surface area (Å²) in [5.74, 6) is 0.606. The van der Waals surface area contributed by atoms with Gasteiger partial charge in [-0.25, -0.2) is 0 Å². The first-order valence-corrected chi connectivity index (χ1v) is 4.90. The molecule has 1 amide bonds. The second-order valence-electron chi connectivity index (χ2n) is 3.41. The molecular weight excluding hydrogens is 204 g/mol. The Morgan fingerprint density at radius 3 is 2.81 bits per heavy atom. The van der Waals surface area contributed by atoms with Crippen LogP contribution in [0.3, 0.4) is 0 Å². The smallest absolute Gasteiger partial charge is 0.224 e. The van der Waals surface area contributed by atoms with E-state index in [0.717, 1.165) is 5.56 Å². The van der Waals surface area contributed by atoms with Gasteiger partial charge in [-0.1, -0.05) is 6.58 Å². The van der Waals surface area contributed by atoms with Gasteiger partial charge in [0.15, 0.2) is 0 Å². The van der Waals surface area contributed by atoms with Gasteiger partial charge in [-0.3, -0.25) is 4.79 Å². The molecule has 4 heteroatoms. The first-order chi connectivity index (χ1) is 7.58. The summed E-state index contributed by atoms with van der Waals surface area (Å²) in [4.78, 5) is 11.2. The average Bonchev–Trinajstić information content (AvgIpc) is 2.29. The van der Waals surface area contributed by atoms with Crippen molar-refractivity contribution in [2.24, 2.45) is 0 Å². The molecule has 1 aromatic carbocycles. The van der Waals surface area contributed by atoms with Crippen LogP contribution in [0.4, 0.5) is 5.69 Å². The van der Waals surface area contributed by atoms with Gasteiger partial charge in [0, 0.05) is 18.3 Å². The van der Waals surface area contributed by atoms with Gasteiger partial charge in [-0.15, -0.1) is 0 Å². The van der Waals surface area contributed by atoms with Crippen molar-refractivity contribution in [1.82, 2.24) is 5.32 Å². The monoisotopic (exact) mass is 220 g/mol.